The Labute approximate surface area is 195 Å². The number of hydrogen-bond donors (Lipinski definition) is 1. The Morgan fingerprint density at radius 2 is 1.79 bits per heavy atom. The SMILES string of the molecule is COCc1cccc(C(=O)Nc2cc(S(=O)(=O)N3CCCCC3)ccc2N2CCOCC2)c1. The van der Waals surface area contributed by atoms with Crippen molar-refractivity contribution >= 4 is 27.3 Å². The molecule has 178 valence electrons. The number of nitrogens with zero attached hydrogens (tertiary/aromatic N) is 2. The second kappa shape index (κ2) is 10.6. The first-order valence-electron chi connectivity index (χ1n) is 11.3. The van der Waals surface area contributed by atoms with Crippen LogP contribution in [0, 0.1) is 0 Å². The molecule has 2 aliphatic heterocycles. The number of piperidine rings is 1. The molecule has 4 rings (SSSR count). The fraction of sp³-hybridized carbons (Fsp3) is 0.458. The third kappa shape index (κ3) is 5.55. The highest BCUT2D eigenvalue weighted by atomic mass is 32.2. The van der Waals surface area contributed by atoms with Crippen LogP contribution in [0.5, 0.6) is 0 Å². The molecule has 1 N–H and O–H groups in total. The van der Waals surface area contributed by atoms with E-state index in [2.05, 4.69) is 10.2 Å². The number of carbonyl (C=O) groups excluding carboxylic acids is 1. The summed E-state index contributed by atoms with van der Waals surface area (Å²) >= 11 is 0. The molecule has 2 aromatic carbocycles. The highest BCUT2D eigenvalue weighted by Gasteiger charge is 2.28. The highest BCUT2D eigenvalue weighted by Crippen LogP contribution is 2.32. The van der Waals surface area contributed by atoms with Crippen molar-refractivity contribution in [2.45, 2.75) is 30.8 Å². The van der Waals surface area contributed by atoms with Crippen LogP contribution in [0.25, 0.3) is 0 Å². The van der Waals surface area contributed by atoms with Gasteiger partial charge in [0.25, 0.3) is 5.91 Å². The van der Waals surface area contributed by atoms with Gasteiger partial charge in [-0.05, 0) is 48.7 Å². The van der Waals surface area contributed by atoms with Gasteiger partial charge in [0.1, 0.15) is 0 Å². The van der Waals surface area contributed by atoms with E-state index in [-0.39, 0.29) is 10.8 Å². The van der Waals surface area contributed by atoms with E-state index in [0.29, 0.717) is 57.3 Å². The molecule has 2 aliphatic rings. The molecule has 0 aliphatic carbocycles. The Balaban J connectivity index is 1.66. The number of morpholine rings is 1. The van der Waals surface area contributed by atoms with Gasteiger partial charge in [-0.1, -0.05) is 18.6 Å². The molecule has 0 spiro atoms. The summed E-state index contributed by atoms with van der Waals surface area (Å²) in [6, 6.07) is 12.2. The van der Waals surface area contributed by atoms with Crippen molar-refractivity contribution < 1.29 is 22.7 Å². The molecular formula is C24H31N3O5S. The molecule has 8 nitrogen and oxygen atoms in total. The minimum absolute atomic E-state index is 0.199. The van der Waals surface area contributed by atoms with Gasteiger partial charge in [-0.2, -0.15) is 4.31 Å². The quantitative estimate of drug-likeness (QED) is 0.665. The van der Waals surface area contributed by atoms with E-state index < -0.39 is 10.0 Å². The zero-order chi connectivity index (χ0) is 23.3. The lowest BCUT2D eigenvalue weighted by Crippen LogP contribution is -2.37. The molecular weight excluding hydrogens is 442 g/mol. The van der Waals surface area contributed by atoms with Crippen LogP contribution in [0.2, 0.25) is 0 Å². The van der Waals surface area contributed by atoms with Gasteiger partial charge >= 0.3 is 0 Å². The van der Waals surface area contributed by atoms with E-state index >= 15 is 0 Å². The first kappa shape index (κ1) is 23.7. The lowest BCUT2D eigenvalue weighted by atomic mass is 10.1. The molecule has 0 unspecified atom stereocenters. The zero-order valence-electron chi connectivity index (χ0n) is 19.0. The smallest absolute Gasteiger partial charge is 0.255 e. The second-order valence-corrected chi connectivity index (χ2v) is 10.3. The molecule has 0 aromatic heterocycles. The minimum atomic E-state index is -3.62. The Morgan fingerprint density at radius 3 is 2.52 bits per heavy atom. The number of nitrogens with one attached hydrogen (secondary N) is 1. The molecule has 0 atom stereocenters. The lowest BCUT2D eigenvalue weighted by Gasteiger charge is -2.31. The van der Waals surface area contributed by atoms with Gasteiger partial charge < -0.3 is 19.7 Å². The lowest BCUT2D eigenvalue weighted by molar-refractivity contribution is 0.102. The molecule has 2 aromatic rings. The van der Waals surface area contributed by atoms with Crippen molar-refractivity contribution in [2.75, 3.05) is 56.7 Å². The maximum absolute atomic E-state index is 13.3. The molecule has 0 saturated carbocycles. The number of anilines is 2. The largest absolute Gasteiger partial charge is 0.380 e. The second-order valence-electron chi connectivity index (χ2n) is 8.33. The van der Waals surface area contributed by atoms with Crippen LogP contribution >= 0.6 is 0 Å². The van der Waals surface area contributed by atoms with Crippen LogP contribution in [0.3, 0.4) is 0 Å². The normalized spacial score (nSPS) is 17.7. The summed E-state index contributed by atoms with van der Waals surface area (Å²) in [5.74, 6) is -0.296. The van der Waals surface area contributed by atoms with Gasteiger partial charge in [-0.3, -0.25) is 4.79 Å². The van der Waals surface area contributed by atoms with Crippen LogP contribution in [0.1, 0.15) is 35.2 Å². The molecule has 2 fully saturated rings. The van der Waals surface area contributed by atoms with Crippen LogP contribution < -0.4 is 10.2 Å². The Bertz CT molecular complexity index is 1080. The number of benzene rings is 2. The first-order chi connectivity index (χ1) is 16.0. The molecule has 2 heterocycles. The predicted octanol–water partition coefficient (Wildman–Crippen LogP) is 3.10. The van der Waals surface area contributed by atoms with Gasteiger partial charge in [0.2, 0.25) is 10.0 Å². The number of methoxy groups -OCH3 is 1. The number of amides is 1. The number of ether oxygens (including phenoxy) is 2. The molecule has 1 amide bonds. The maximum atomic E-state index is 13.3. The van der Waals surface area contributed by atoms with E-state index in [4.69, 9.17) is 9.47 Å². The summed E-state index contributed by atoms with van der Waals surface area (Å²) in [5, 5.41) is 2.96. The van der Waals surface area contributed by atoms with Gasteiger partial charge in [-0.25, -0.2) is 8.42 Å². The van der Waals surface area contributed by atoms with Crippen molar-refractivity contribution in [3.63, 3.8) is 0 Å². The number of carbonyl (C=O) groups is 1. The summed E-state index contributed by atoms with van der Waals surface area (Å²) < 4.78 is 38.7. The minimum Gasteiger partial charge on any atom is -0.380 e. The van der Waals surface area contributed by atoms with E-state index in [1.807, 2.05) is 12.1 Å². The van der Waals surface area contributed by atoms with E-state index in [9.17, 15) is 13.2 Å². The van der Waals surface area contributed by atoms with Crippen molar-refractivity contribution in [1.29, 1.82) is 0 Å². The van der Waals surface area contributed by atoms with Crippen molar-refractivity contribution in [2.24, 2.45) is 0 Å². The summed E-state index contributed by atoms with van der Waals surface area (Å²) in [4.78, 5) is 15.4. The van der Waals surface area contributed by atoms with Gasteiger partial charge in [0, 0.05) is 38.9 Å². The predicted molar refractivity (Wildman–Crippen MR) is 127 cm³/mol. The summed E-state index contributed by atoms with van der Waals surface area (Å²) in [5.41, 5.74) is 2.65. The zero-order valence-corrected chi connectivity index (χ0v) is 19.8. The van der Waals surface area contributed by atoms with Gasteiger partial charge in [-0.15, -0.1) is 0 Å². The van der Waals surface area contributed by atoms with Crippen LogP contribution in [-0.4, -0.2) is 65.1 Å². The average Bonchev–Trinajstić information content (AvgIpc) is 2.85. The number of sulfonamides is 1. The molecule has 33 heavy (non-hydrogen) atoms. The Morgan fingerprint density at radius 1 is 1.03 bits per heavy atom. The molecule has 0 bridgehead atoms. The van der Waals surface area contributed by atoms with E-state index in [1.54, 1.807) is 41.7 Å². The maximum Gasteiger partial charge on any atom is 0.255 e. The number of rotatable bonds is 7. The fourth-order valence-corrected chi connectivity index (χ4v) is 5.82. The monoisotopic (exact) mass is 473 g/mol. The molecule has 2 saturated heterocycles. The van der Waals surface area contributed by atoms with Crippen LogP contribution in [-0.2, 0) is 26.1 Å². The van der Waals surface area contributed by atoms with E-state index in [1.165, 1.54) is 0 Å². The highest BCUT2D eigenvalue weighted by molar-refractivity contribution is 7.89. The number of hydrogen-bond acceptors (Lipinski definition) is 6. The van der Waals surface area contributed by atoms with Crippen molar-refractivity contribution in [3.05, 3.63) is 53.6 Å². The van der Waals surface area contributed by atoms with Gasteiger partial charge in [0.15, 0.2) is 0 Å². The van der Waals surface area contributed by atoms with Crippen LogP contribution in [0.4, 0.5) is 11.4 Å². The third-order valence-electron chi connectivity index (χ3n) is 6.02. The molecule has 0 radical (unpaired) electrons. The standard InChI is InChI=1S/C24H31N3O5S/c1-31-18-19-6-5-7-20(16-19)24(28)25-22-17-21(33(29,30)27-10-3-2-4-11-27)8-9-23(22)26-12-14-32-15-13-26/h5-9,16-17H,2-4,10-15,18H2,1H3,(H,25,28). The summed E-state index contributed by atoms with van der Waals surface area (Å²) in [6.45, 7) is 3.97. The average molecular weight is 474 g/mol. The molecule has 9 heteroatoms. The van der Waals surface area contributed by atoms with Crippen molar-refractivity contribution in [1.82, 2.24) is 4.31 Å². The summed E-state index contributed by atoms with van der Waals surface area (Å²) in [7, 11) is -2.02. The van der Waals surface area contributed by atoms with Crippen molar-refractivity contribution in [3.8, 4) is 0 Å². The Kier molecular flexibility index (Phi) is 7.64. The third-order valence-corrected chi connectivity index (χ3v) is 7.92. The fourth-order valence-electron chi connectivity index (χ4n) is 4.27. The van der Waals surface area contributed by atoms with Crippen LogP contribution in [0.15, 0.2) is 47.4 Å². The Hall–Kier alpha value is -2.46. The first-order valence-corrected chi connectivity index (χ1v) is 12.8. The van der Waals surface area contributed by atoms with E-state index in [0.717, 1.165) is 30.5 Å². The topological polar surface area (TPSA) is 88.2 Å². The summed E-state index contributed by atoms with van der Waals surface area (Å²) in [6.07, 6.45) is 2.78. The van der Waals surface area contributed by atoms with Gasteiger partial charge in [0.05, 0.1) is 36.1 Å².